The second kappa shape index (κ2) is 11.4. The number of hydrogen-bond donors (Lipinski definition) is 2. The minimum Gasteiger partial charge on any atom is -0.497 e. The number of aromatic nitrogens is 1. The Morgan fingerprint density at radius 1 is 0.857 bits per heavy atom. The van der Waals surface area contributed by atoms with Crippen molar-refractivity contribution in [3.8, 4) is 5.75 Å². The molecule has 2 aliphatic rings. The molecule has 2 aliphatic heterocycles. The standard InChI is InChI=1S/C33H31ClN4O4/c1-20-6-10-25(34)16-27(20)35-33(41)23-9-13-30(28(15-23)36-32(40)22-7-11-26(42-2)12-8-22)37-17-21-14-24(19-37)29-4-3-5-31(39)38(29)18-21/h3-13,15-16,21,24H,14,17-19H2,1-2H3,(H,35,41)(H,36,40). The Labute approximate surface area is 248 Å². The molecule has 6 rings (SSSR count). The highest BCUT2D eigenvalue weighted by molar-refractivity contribution is 6.31. The molecule has 0 saturated carbocycles. The van der Waals surface area contributed by atoms with E-state index in [2.05, 4.69) is 15.5 Å². The summed E-state index contributed by atoms with van der Waals surface area (Å²) in [6.07, 6.45) is 1.01. The van der Waals surface area contributed by atoms with Gasteiger partial charge in [0, 0.05) is 59.1 Å². The first-order valence-electron chi connectivity index (χ1n) is 13.9. The van der Waals surface area contributed by atoms with Crippen molar-refractivity contribution in [1.29, 1.82) is 0 Å². The lowest BCUT2D eigenvalue weighted by molar-refractivity contribution is 0.101. The quantitative estimate of drug-likeness (QED) is 0.293. The number of hydrogen-bond acceptors (Lipinski definition) is 5. The topological polar surface area (TPSA) is 92.7 Å². The summed E-state index contributed by atoms with van der Waals surface area (Å²) in [5.41, 5.74) is 4.82. The summed E-state index contributed by atoms with van der Waals surface area (Å²) in [4.78, 5) is 41.5. The molecule has 2 N–H and O–H groups in total. The van der Waals surface area contributed by atoms with Crippen molar-refractivity contribution in [3.05, 3.63) is 117 Å². The molecule has 2 amide bonds. The zero-order valence-corrected chi connectivity index (χ0v) is 24.1. The van der Waals surface area contributed by atoms with Crippen molar-refractivity contribution < 1.29 is 14.3 Å². The molecule has 1 saturated heterocycles. The highest BCUT2D eigenvalue weighted by Crippen LogP contribution is 2.39. The van der Waals surface area contributed by atoms with Crippen LogP contribution in [0.4, 0.5) is 17.1 Å². The summed E-state index contributed by atoms with van der Waals surface area (Å²) in [5.74, 6) is 0.522. The number of halogens is 1. The number of pyridine rings is 1. The number of methoxy groups -OCH3 is 1. The number of nitrogens with one attached hydrogen (secondary N) is 2. The van der Waals surface area contributed by atoms with Gasteiger partial charge in [0.05, 0.1) is 18.5 Å². The Morgan fingerprint density at radius 3 is 2.38 bits per heavy atom. The molecule has 2 unspecified atom stereocenters. The van der Waals surface area contributed by atoms with Gasteiger partial charge in [0.2, 0.25) is 0 Å². The molecule has 8 nitrogen and oxygen atoms in total. The van der Waals surface area contributed by atoms with Gasteiger partial charge in [-0.2, -0.15) is 0 Å². The van der Waals surface area contributed by atoms with Gasteiger partial charge in [-0.25, -0.2) is 0 Å². The molecule has 42 heavy (non-hydrogen) atoms. The van der Waals surface area contributed by atoms with Crippen LogP contribution in [0.15, 0.2) is 83.7 Å². The second-order valence-electron chi connectivity index (χ2n) is 10.9. The zero-order valence-electron chi connectivity index (χ0n) is 23.4. The van der Waals surface area contributed by atoms with Gasteiger partial charge in [0.1, 0.15) is 5.75 Å². The third kappa shape index (κ3) is 5.50. The van der Waals surface area contributed by atoms with E-state index in [1.54, 1.807) is 61.7 Å². The molecule has 0 spiro atoms. The number of carbonyl (C=O) groups is 2. The van der Waals surface area contributed by atoms with Crippen LogP contribution in [0.3, 0.4) is 0 Å². The molecule has 0 radical (unpaired) electrons. The summed E-state index contributed by atoms with van der Waals surface area (Å²) in [5, 5.41) is 6.53. The average Bonchev–Trinajstić information content (AvgIpc) is 2.99. The Morgan fingerprint density at radius 2 is 1.60 bits per heavy atom. The molecule has 4 aromatic rings. The number of benzene rings is 3. The Hall–Kier alpha value is -4.56. The van der Waals surface area contributed by atoms with Crippen molar-refractivity contribution in [2.45, 2.75) is 25.8 Å². The smallest absolute Gasteiger partial charge is 0.255 e. The van der Waals surface area contributed by atoms with Gasteiger partial charge in [-0.3, -0.25) is 14.4 Å². The van der Waals surface area contributed by atoms with E-state index in [0.29, 0.717) is 46.4 Å². The summed E-state index contributed by atoms with van der Waals surface area (Å²) in [6.45, 7) is 3.98. The van der Waals surface area contributed by atoms with Crippen LogP contribution < -0.4 is 25.8 Å². The fraction of sp³-hybridized carbons (Fsp3) is 0.242. The van der Waals surface area contributed by atoms with Gasteiger partial charge < -0.3 is 24.8 Å². The molecule has 1 fully saturated rings. The van der Waals surface area contributed by atoms with E-state index in [-0.39, 0.29) is 29.2 Å². The predicted molar refractivity (Wildman–Crippen MR) is 165 cm³/mol. The van der Waals surface area contributed by atoms with Crippen LogP contribution in [0, 0.1) is 12.8 Å². The molecule has 2 bridgehead atoms. The van der Waals surface area contributed by atoms with Crippen LogP contribution in [-0.2, 0) is 6.54 Å². The van der Waals surface area contributed by atoms with Crippen LogP contribution in [0.5, 0.6) is 5.75 Å². The minimum absolute atomic E-state index is 0.0356. The zero-order chi connectivity index (χ0) is 29.4. The maximum atomic E-state index is 13.4. The second-order valence-corrected chi connectivity index (χ2v) is 11.4. The van der Waals surface area contributed by atoms with Crippen molar-refractivity contribution in [3.63, 3.8) is 0 Å². The van der Waals surface area contributed by atoms with Gasteiger partial charge in [-0.1, -0.05) is 23.7 Å². The third-order valence-electron chi connectivity index (χ3n) is 8.13. The summed E-state index contributed by atoms with van der Waals surface area (Å²) in [6, 6.07) is 23.1. The molecule has 9 heteroatoms. The summed E-state index contributed by atoms with van der Waals surface area (Å²) in [7, 11) is 1.57. The molecule has 3 heterocycles. The number of carbonyl (C=O) groups excluding carboxylic acids is 2. The molecule has 1 aromatic heterocycles. The lowest BCUT2D eigenvalue weighted by atomic mass is 9.83. The monoisotopic (exact) mass is 582 g/mol. The minimum atomic E-state index is -0.310. The van der Waals surface area contributed by atoms with Crippen LogP contribution in [-0.4, -0.2) is 36.6 Å². The lowest BCUT2D eigenvalue weighted by Crippen LogP contribution is -2.47. The molecule has 214 valence electrons. The SMILES string of the molecule is COc1ccc(C(=O)Nc2cc(C(=O)Nc3cc(Cl)ccc3C)ccc2N2CC3CC(C2)c2cccc(=O)n2C3)cc1. The molecule has 2 atom stereocenters. The average molecular weight is 583 g/mol. The predicted octanol–water partition coefficient (Wildman–Crippen LogP) is 5.95. The highest BCUT2D eigenvalue weighted by atomic mass is 35.5. The first-order chi connectivity index (χ1) is 20.3. The highest BCUT2D eigenvalue weighted by Gasteiger charge is 2.35. The van der Waals surface area contributed by atoms with Crippen molar-refractivity contribution >= 4 is 40.5 Å². The van der Waals surface area contributed by atoms with Crippen LogP contribution >= 0.6 is 11.6 Å². The molecule has 3 aromatic carbocycles. The van der Waals surface area contributed by atoms with Crippen LogP contribution in [0.1, 0.15) is 44.3 Å². The van der Waals surface area contributed by atoms with E-state index in [1.165, 1.54) is 0 Å². The normalized spacial score (nSPS) is 17.3. The van der Waals surface area contributed by atoms with Crippen LogP contribution in [0.2, 0.25) is 5.02 Å². The Kier molecular flexibility index (Phi) is 7.47. The Balaban J connectivity index is 1.33. The number of piperidine rings is 1. The summed E-state index contributed by atoms with van der Waals surface area (Å²) >= 11 is 6.16. The molecular formula is C33H31ClN4O4. The number of aryl methyl sites for hydroxylation is 1. The van der Waals surface area contributed by atoms with Gasteiger partial charge in [0.15, 0.2) is 0 Å². The number of ether oxygens (including phenoxy) is 1. The number of anilines is 3. The number of rotatable bonds is 6. The number of amides is 2. The number of nitrogens with zero attached hydrogens (tertiary/aromatic N) is 2. The fourth-order valence-electron chi connectivity index (χ4n) is 6.01. The number of fused-ring (bicyclic) bond motifs is 4. The van der Waals surface area contributed by atoms with Crippen molar-refractivity contribution in [2.75, 3.05) is 35.7 Å². The first-order valence-corrected chi connectivity index (χ1v) is 14.3. The van der Waals surface area contributed by atoms with Gasteiger partial charge in [-0.05, 0) is 85.5 Å². The van der Waals surface area contributed by atoms with Crippen molar-refractivity contribution in [2.24, 2.45) is 5.92 Å². The Bertz CT molecular complexity index is 1730. The van der Waals surface area contributed by atoms with Crippen LogP contribution in [0.25, 0.3) is 0 Å². The van der Waals surface area contributed by atoms with E-state index >= 15 is 0 Å². The van der Waals surface area contributed by atoms with E-state index in [0.717, 1.165) is 29.9 Å². The van der Waals surface area contributed by atoms with Gasteiger partial charge in [-0.15, -0.1) is 0 Å². The lowest BCUT2D eigenvalue weighted by Gasteiger charge is -2.44. The first kappa shape index (κ1) is 27.6. The van der Waals surface area contributed by atoms with Gasteiger partial charge >= 0.3 is 0 Å². The maximum absolute atomic E-state index is 13.4. The van der Waals surface area contributed by atoms with E-state index < -0.39 is 0 Å². The fourth-order valence-corrected chi connectivity index (χ4v) is 6.18. The third-order valence-corrected chi connectivity index (χ3v) is 8.36. The largest absolute Gasteiger partial charge is 0.497 e. The molecular weight excluding hydrogens is 552 g/mol. The van der Waals surface area contributed by atoms with Crippen molar-refractivity contribution in [1.82, 2.24) is 4.57 Å². The van der Waals surface area contributed by atoms with E-state index in [9.17, 15) is 14.4 Å². The van der Waals surface area contributed by atoms with Gasteiger partial charge in [0.25, 0.3) is 17.4 Å². The maximum Gasteiger partial charge on any atom is 0.255 e. The van der Waals surface area contributed by atoms with E-state index in [1.807, 2.05) is 35.8 Å². The summed E-state index contributed by atoms with van der Waals surface area (Å²) < 4.78 is 7.13. The van der Waals surface area contributed by atoms with E-state index in [4.69, 9.17) is 16.3 Å². The molecule has 0 aliphatic carbocycles.